The summed E-state index contributed by atoms with van der Waals surface area (Å²) in [5.74, 6) is 0. The van der Waals surface area contributed by atoms with Crippen molar-refractivity contribution >= 4 is 21.9 Å². The summed E-state index contributed by atoms with van der Waals surface area (Å²) in [6.07, 6.45) is 1.83. The van der Waals surface area contributed by atoms with Gasteiger partial charge >= 0.3 is 5.63 Å². The Kier molecular flexibility index (Phi) is 2.23. The van der Waals surface area contributed by atoms with Gasteiger partial charge < -0.3 is 4.42 Å². The summed E-state index contributed by atoms with van der Waals surface area (Å²) in [5.41, 5.74) is 1.45. The number of para-hydroxylation sites is 1. The zero-order valence-electron chi connectivity index (χ0n) is 10.5. The molecule has 0 aliphatic heterocycles. The fourth-order valence-electron chi connectivity index (χ4n) is 2.30. The minimum Gasteiger partial charge on any atom is -0.421 e. The van der Waals surface area contributed by atoms with Crippen LogP contribution in [0.15, 0.2) is 70.0 Å². The molecular weight excluding hydrogens is 252 g/mol. The molecule has 4 nitrogen and oxygen atoms in total. The van der Waals surface area contributed by atoms with Gasteiger partial charge in [0.15, 0.2) is 5.69 Å². The molecule has 96 valence electrons. The topological polar surface area (TPSA) is 48.0 Å². The van der Waals surface area contributed by atoms with Gasteiger partial charge in [0, 0.05) is 17.0 Å². The molecule has 0 aliphatic rings. The van der Waals surface area contributed by atoms with Crippen molar-refractivity contribution in [2.75, 3.05) is 0 Å². The number of fused-ring (bicyclic) bond motifs is 2. The number of aromatic nitrogens is 2. The predicted octanol–water partition coefficient (Wildman–Crippen LogP) is 3.13. The van der Waals surface area contributed by atoms with Gasteiger partial charge in [-0.25, -0.2) is 9.48 Å². The summed E-state index contributed by atoms with van der Waals surface area (Å²) in [5, 5.41) is 6.27. The molecular formula is C16H10N2O2. The van der Waals surface area contributed by atoms with Crippen LogP contribution in [-0.2, 0) is 0 Å². The Balaban J connectivity index is 2.01. The minimum atomic E-state index is -0.392. The van der Waals surface area contributed by atoms with Gasteiger partial charge in [0.1, 0.15) is 5.58 Å². The van der Waals surface area contributed by atoms with Crippen LogP contribution in [0.1, 0.15) is 0 Å². The van der Waals surface area contributed by atoms with Crippen LogP contribution in [0.25, 0.3) is 27.6 Å². The normalized spacial score (nSPS) is 11.2. The molecule has 0 amide bonds. The van der Waals surface area contributed by atoms with Crippen LogP contribution in [0.3, 0.4) is 0 Å². The summed E-state index contributed by atoms with van der Waals surface area (Å²) >= 11 is 0. The zero-order valence-corrected chi connectivity index (χ0v) is 10.5. The van der Waals surface area contributed by atoms with Crippen molar-refractivity contribution in [3.05, 3.63) is 71.2 Å². The number of hydrogen-bond acceptors (Lipinski definition) is 3. The molecule has 4 aromatic rings. The number of nitrogens with zero attached hydrogens (tertiary/aromatic N) is 2. The summed E-state index contributed by atoms with van der Waals surface area (Å²) < 4.78 is 6.90. The first-order chi connectivity index (χ1) is 9.81. The van der Waals surface area contributed by atoms with Crippen LogP contribution < -0.4 is 5.63 Å². The van der Waals surface area contributed by atoms with Gasteiger partial charge in [0.05, 0.1) is 5.52 Å². The van der Waals surface area contributed by atoms with Gasteiger partial charge in [-0.05, 0) is 18.2 Å². The van der Waals surface area contributed by atoms with E-state index >= 15 is 0 Å². The van der Waals surface area contributed by atoms with E-state index < -0.39 is 5.63 Å². The van der Waals surface area contributed by atoms with Gasteiger partial charge in [0.2, 0.25) is 0 Å². The summed E-state index contributed by atoms with van der Waals surface area (Å²) in [7, 11) is 0. The Morgan fingerprint density at radius 1 is 0.950 bits per heavy atom. The Labute approximate surface area is 113 Å². The maximum atomic E-state index is 12.1. The van der Waals surface area contributed by atoms with Gasteiger partial charge in [-0.1, -0.05) is 36.4 Å². The molecule has 2 aromatic carbocycles. The van der Waals surface area contributed by atoms with Crippen LogP contribution in [-0.4, -0.2) is 9.78 Å². The van der Waals surface area contributed by atoms with Crippen LogP contribution in [0.2, 0.25) is 0 Å². The van der Waals surface area contributed by atoms with E-state index in [1.54, 1.807) is 16.8 Å². The first kappa shape index (κ1) is 11.0. The number of hydrogen-bond donors (Lipinski definition) is 0. The number of benzene rings is 2. The van der Waals surface area contributed by atoms with Crippen molar-refractivity contribution in [3.8, 4) is 5.69 Å². The molecule has 0 fully saturated rings. The molecule has 4 heteroatoms. The molecule has 0 spiro atoms. The number of rotatable bonds is 1. The molecule has 20 heavy (non-hydrogen) atoms. The highest BCUT2D eigenvalue weighted by molar-refractivity contribution is 5.80. The lowest BCUT2D eigenvalue weighted by Gasteiger charge is -2.01. The average molecular weight is 262 g/mol. The lowest BCUT2D eigenvalue weighted by Crippen LogP contribution is -2.10. The first-order valence-corrected chi connectivity index (χ1v) is 6.29. The van der Waals surface area contributed by atoms with Crippen LogP contribution in [0.4, 0.5) is 0 Å². The second-order valence-corrected chi connectivity index (χ2v) is 4.59. The smallest absolute Gasteiger partial charge is 0.362 e. The Bertz CT molecular complexity index is 949. The van der Waals surface area contributed by atoms with Crippen molar-refractivity contribution in [1.29, 1.82) is 0 Å². The quantitative estimate of drug-likeness (QED) is 0.495. The van der Waals surface area contributed by atoms with Crippen LogP contribution in [0, 0.1) is 0 Å². The van der Waals surface area contributed by atoms with E-state index in [9.17, 15) is 4.79 Å². The van der Waals surface area contributed by atoms with E-state index in [4.69, 9.17) is 4.42 Å². The average Bonchev–Trinajstić information content (AvgIpc) is 2.90. The van der Waals surface area contributed by atoms with E-state index in [-0.39, 0.29) is 0 Å². The van der Waals surface area contributed by atoms with Crippen molar-refractivity contribution in [2.45, 2.75) is 0 Å². The zero-order chi connectivity index (χ0) is 13.5. The van der Waals surface area contributed by atoms with E-state index in [0.717, 1.165) is 16.3 Å². The molecule has 0 saturated heterocycles. The van der Waals surface area contributed by atoms with E-state index in [1.807, 2.05) is 48.7 Å². The second kappa shape index (κ2) is 4.06. The highest BCUT2D eigenvalue weighted by Gasteiger charge is 2.09. The Morgan fingerprint density at radius 3 is 2.55 bits per heavy atom. The fraction of sp³-hybridized carbons (Fsp3) is 0. The van der Waals surface area contributed by atoms with E-state index in [2.05, 4.69) is 5.10 Å². The molecule has 0 saturated carbocycles. The third kappa shape index (κ3) is 1.62. The molecule has 2 heterocycles. The first-order valence-electron chi connectivity index (χ1n) is 6.29. The van der Waals surface area contributed by atoms with Crippen LogP contribution >= 0.6 is 0 Å². The monoisotopic (exact) mass is 262 g/mol. The van der Waals surface area contributed by atoms with Gasteiger partial charge in [-0.3, -0.25) is 0 Å². The Morgan fingerprint density at radius 2 is 1.70 bits per heavy atom. The second-order valence-electron chi connectivity index (χ2n) is 4.59. The van der Waals surface area contributed by atoms with Crippen molar-refractivity contribution < 1.29 is 4.42 Å². The van der Waals surface area contributed by atoms with Crippen molar-refractivity contribution in [1.82, 2.24) is 9.78 Å². The predicted molar refractivity (Wildman–Crippen MR) is 77.1 cm³/mol. The maximum Gasteiger partial charge on any atom is 0.362 e. The summed E-state index contributed by atoms with van der Waals surface area (Å²) in [6, 6.07) is 17.0. The fourth-order valence-corrected chi connectivity index (χ4v) is 2.30. The molecule has 4 rings (SSSR count). The summed E-state index contributed by atoms with van der Waals surface area (Å²) in [6.45, 7) is 0. The lowest BCUT2D eigenvalue weighted by molar-refractivity contribution is 0.552. The third-order valence-electron chi connectivity index (χ3n) is 3.28. The highest BCUT2D eigenvalue weighted by atomic mass is 16.4. The molecule has 0 N–H and O–H groups in total. The van der Waals surface area contributed by atoms with Crippen molar-refractivity contribution in [3.63, 3.8) is 0 Å². The molecule has 0 aliphatic carbocycles. The minimum absolute atomic E-state index is 0.392. The van der Waals surface area contributed by atoms with Gasteiger partial charge in [-0.2, -0.15) is 5.10 Å². The van der Waals surface area contributed by atoms with E-state index in [0.29, 0.717) is 11.3 Å². The summed E-state index contributed by atoms with van der Waals surface area (Å²) in [4.78, 5) is 12.1. The molecule has 0 atom stereocenters. The maximum absolute atomic E-state index is 12.1. The standard InChI is InChI=1S/C16H10N2O2/c19-16-14(9-11-5-2-4-8-15(11)20-16)18-10-12-6-1-3-7-13(12)17-18/h1-10H. The van der Waals surface area contributed by atoms with E-state index in [1.165, 1.54) is 0 Å². The van der Waals surface area contributed by atoms with Crippen LogP contribution in [0.5, 0.6) is 0 Å². The Hall–Kier alpha value is -2.88. The van der Waals surface area contributed by atoms with Gasteiger partial charge in [-0.15, -0.1) is 0 Å². The largest absolute Gasteiger partial charge is 0.421 e. The highest BCUT2D eigenvalue weighted by Crippen LogP contribution is 2.17. The molecule has 0 bridgehead atoms. The SMILES string of the molecule is O=c1oc2ccccc2cc1-n1cc2ccccc2n1. The third-order valence-corrected chi connectivity index (χ3v) is 3.28. The lowest BCUT2D eigenvalue weighted by atomic mass is 10.2. The van der Waals surface area contributed by atoms with Crippen molar-refractivity contribution in [2.24, 2.45) is 0 Å². The molecule has 0 unspecified atom stereocenters. The molecule has 0 radical (unpaired) electrons. The van der Waals surface area contributed by atoms with Gasteiger partial charge in [0.25, 0.3) is 0 Å². The molecule has 2 aromatic heterocycles.